The Labute approximate surface area is 103 Å². The van der Waals surface area contributed by atoms with Gasteiger partial charge in [0.1, 0.15) is 6.61 Å². The van der Waals surface area contributed by atoms with Gasteiger partial charge >= 0.3 is 6.09 Å². The number of carbonyl (C=O) groups excluding carboxylic acids is 1. The van der Waals surface area contributed by atoms with Crippen LogP contribution in [0.4, 0.5) is 10.5 Å². The molecule has 0 saturated carbocycles. The van der Waals surface area contributed by atoms with E-state index < -0.39 is 17.1 Å². The first-order valence-electron chi connectivity index (χ1n) is 5.42. The monoisotopic (exact) mass is 252 g/mol. The molecule has 1 amide bonds. The van der Waals surface area contributed by atoms with E-state index in [-0.39, 0.29) is 12.2 Å². The van der Waals surface area contributed by atoms with Crippen molar-refractivity contribution in [3.63, 3.8) is 0 Å². The Morgan fingerprint density at radius 2 is 2.33 bits per heavy atom. The zero-order valence-corrected chi connectivity index (χ0v) is 9.48. The summed E-state index contributed by atoms with van der Waals surface area (Å²) in [5.74, 6) is 0. The number of carbonyl (C=O) groups is 1. The van der Waals surface area contributed by atoms with Crippen molar-refractivity contribution in [2.45, 2.75) is 6.10 Å². The van der Waals surface area contributed by atoms with Crippen LogP contribution in [0.15, 0.2) is 24.3 Å². The maximum atomic E-state index is 11.2. The molecule has 0 aromatic heterocycles. The molecule has 18 heavy (non-hydrogen) atoms. The van der Waals surface area contributed by atoms with Crippen LogP contribution in [0.2, 0.25) is 0 Å². The van der Waals surface area contributed by atoms with Crippen molar-refractivity contribution in [2.75, 3.05) is 19.7 Å². The molecule has 1 unspecified atom stereocenters. The predicted molar refractivity (Wildman–Crippen MR) is 61.0 cm³/mol. The number of ether oxygens (including phenoxy) is 1. The number of aliphatic hydroxyl groups is 1. The van der Waals surface area contributed by atoms with E-state index in [1.807, 2.05) is 0 Å². The maximum absolute atomic E-state index is 11.2. The smallest absolute Gasteiger partial charge is 0.410 e. The van der Waals surface area contributed by atoms with Gasteiger partial charge in [0, 0.05) is 12.1 Å². The molecule has 1 aliphatic heterocycles. The summed E-state index contributed by atoms with van der Waals surface area (Å²) < 4.78 is 4.73. The summed E-state index contributed by atoms with van der Waals surface area (Å²) in [7, 11) is 0. The molecule has 1 N–H and O–H groups in total. The topological polar surface area (TPSA) is 92.9 Å². The highest BCUT2D eigenvalue weighted by Gasteiger charge is 2.25. The summed E-state index contributed by atoms with van der Waals surface area (Å²) in [5, 5.41) is 20.5. The molecule has 1 aliphatic rings. The van der Waals surface area contributed by atoms with E-state index in [0.717, 1.165) is 0 Å². The van der Waals surface area contributed by atoms with E-state index in [0.29, 0.717) is 18.7 Å². The van der Waals surface area contributed by atoms with Crippen molar-refractivity contribution >= 4 is 11.8 Å². The molecular weight excluding hydrogens is 240 g/mol. The van der Waals surface area contributed by atoms with Crippen LogP contribution in [0.5, 0.6) is 0 Å². The number of aliphatic hydroxyl groups excluding tert-OH is 1. The summed E-state index contributed by atoms with van der Waals surface area (Å²) in [6, 6.07) is 5.73. The van der Waals surface area contributed by atoms with Crippen LogP contribution in [0, 0.1) is 10.1 Å². The fraction of sp³-hybridized carbons (Fsp3) is 0.364. The molecule has 7 heteroatoms. The Hall–Kier alpha value is -2.15. The first-order chi connectivity index (χ1) is 8.58. The number of benzene rings is 1. The number of nitro groups is 1. The van der Waals surface area contributed by atoms with Crippen molar-refractivity contribution in [3.8, 4) is 0 Å². The normalized spacial score (nSPS) is 16.5. The molecule has 7 nitrogen and oxygen atoms in total. The minimum Gasteiger partial charge on any atom is -0.448 e. The van der Waals surface area contributed by atoms with Gasteiger partial charge in [0.2, 0.25) is 0 Å². The van der Waals surface area contributed by atoms with Gasteiger partial charge in [-0.25, -0.2) is 4.79 Å². The Bertz CT molecular complexity index is 476. The molecule has 0 radical (unpaired) electrons. The number of hydrogen-bond donors (Lipinski definition) is 1. The molecule has 0 bridgehead atoms. The molecule has 1 fully saturated rings. The molecule has 1 aromatic rings. The highest BCUT2D eigenvalue weighted by molar-refractivity contribution is 5.69. The van der Waals surface area contributed by atoms with Gasteiger partial charge in [0.25, 0.3) is 5.69 Å². The average Bonchev–Trinajstić information content (AvgIpc) is 2.75. The van der Waals surface area contributed by atoms with Gasteiger partial charge in [-0.15, -0.1) is 0 Å². The van der Waals surface area contributed by atoms with Crippen LogP contribution < -0.4 is 0 Å². The summed E-state index contributed by atoms with van der Waals surface area (Å²) in [5.41, 5.74) is 0.319. The molecule has 0 aliphatic carbocycles. The molecular formula is C11H12N2O5. The van der Waals surface area contributed by atoms with Gasteiger partial charge in [0.05, 0.1) is 24.1 Å². The number of cyclic esters (lactones) is 1. The third kappa shape index (κ3) is 2.57. The van der Waals surface area contributed by atoms with E-state index in [9.17, 15) is 20.0 Å². The van der Waals surface area contributed by atoms with Gasteiger partial charge in [0.15, 0.2) is 0 Å². The van der Waals surface area contributed by atoms with E-state index in [1.165, 1.54) is 23.1 Å². The summed E-state index contributed by atoms with van der Waals surface area (Å²) in [6.07, 6.45) is -1.44. The average molecular weight is 252 g/mol. The first kappa shape index (κ1) is 12.3. The largest absolute Gasteiger partial charge is 0.448 e. The number of rotatable bonds is 4. The molecule has 96 valence electrons. The van der Waals surface area contributed by atoms with Crippen molar-refractivity contribution in [1.82, 2.24) is 4.90 Å². The van der Waals surface area contributed by atoms with Crippen molar-refractivity contribution in [1.29, 1.82) is 0 Å². The lowest BCUT2D eigenvalue weighted by Gasteiger charge is -2.17. The third-order valence-corrected chi connectivity index (χ3v) is 2.70. The highest BCUT2D eigenvalue weighted by atomic mass is 16.6. The van der Waals surface area contributed by atoms with E-state index in [1.54, 1.807) is 6.07 Å². The van der Waals surface area contributed by atoms with Crippen molar-refractivity contribution < 1.29 is 19.6 Å². The highest BCUT2D eigenvalue weighted by Crippen LogP contribution is 2.21. The number of non-ortho nitro benzene ring substituents is 1. The molecule has 0 spiro atoms. The predicted octanol–water partition coefficient (Wildman–Crippen LogP) is 1.08. The number of hydrogen-bond acceptors (Lipinski definition) is 5. The second kappa shape index (κ2) is 5.01. The van der Waals surface area contributed by atoms with Crippen molar-refractivity contribution in [2.24, 2.45) is 0 Å². The van der Waals surface area contributed by atoms with Gasteiger partial charge in [-0.2, -0.15) is 0 Å². The van der Waals surface area contributed by atoms with Crippen LogP contribution in [-0.4, -0.2) is 40.7 Å². The fourth-order valence-corrected chi connectivity index (χ4v) is 1.75. The van der Waals surface area contributed by atoms with Crippen LogP contribution in [-0.2, 0) is 4.74 Å². The zero-order chi connectivity index (χ0) is 13.1. The van der Waals surface area contributed by atoms with Crippen molar-refractivity contribution in [3.05, 3.63) is 39.9 Å². The second-order valence-electron chi connectivity index (χ2n) is 3.93. The number of nitrogens with zero attached hydrogens (tertiary/aromatic N) is 2. The quantitative estimate of drug-likeness (QED) is 0.639. The minimum atomic E-state index is -0.962. The molecule has 2 rings (SSSR count). The van der Waals surface area contributed by atoms with Gasteiger partial charge in [-0.3, -0.25) is 10.1 Å². The number of β-amino-alcohol motifs (C(OH)–C–C–N with tert-alkyl or cyclic N) is 1. The van der Waals surface area contributed by atoms with Gasteiger partial charge in [-0.1, -0.05) is 12.1 Å². The Balaban J connectivity index is 2.08. The lowest BCUT2D eigenvalue weighted by atomic mass is 10.1. The Kier molecular flexibility index (Phi) is 3.42. The number of amides is 1. The third-order valence-electron chi connectivity index (χ3n) is 2.70. The second-order valence-corrected chi connectivity index (χ2v) is 3.93. The number of nitro benzene ring substituents is 1. The molecule has 1 atom stereocenters. The van der Waals surface area contributed by atoms with Gasteiger partial charge in [-0.05, 0) is 5.56 Å². The Morgan fingerprint density at radius 3 is 2.94 bits per heavy atom. The van der Waals surface area contributed by atoms with Crippen LogP contribution in [0.1, 0.15) is 11.7 Å². The van der Waals surface area contributed by atoms with Gasteiger partial charge < -0.3 is 14.7 Å². The molecule has 1 saturated heterocycles. The lowest BCUT2D eigenvalue weighted by molar-refractivity contribution is -0.385. The van der Waals surface area contributed by atoms with Crippen LogP contribution in [0.25, 0.3) is 0 Å². The zero-order valence-electron chi connectivity index (χ0n) is 9.48. The van der Waals surface area contributed by atoms with Crippen LogP contribution >= 0.6 is 0 Å². The fourth-order valence-electron chi connectivity index (χ4n) is 1.75. The minimum absolute atomic E-state index is 0.0694. The van der Waals surface area contributed by atoms with Crippen LogP contribution in [0.3, 0.4) is 0 Å². The molecule has 1 aromatic carbocycles. The maximum Gasteiger partial charge on any atom is 0.410 e. The summed E-state index contributed by atoms with van der Waals surface area (Å²) in [4.78, 5) is 22.6. The van der Waals surface area contributed by atoms with E-state index in [4.69, 9.17) is 4.74 Å². The summed E-state index contributed by atoms with van der Waals surface area (Å²) >= 11 is 0. The molecule has 1 heterocycles. The summed E-state index contributed by atoms with van der Waals surface area (Å²) in [6.45, 7) is 0.797. The standard InChI is InChI=1S/C11H12N2O5/c14-10(7-12-4-5-18-11(12)15)8-2-1-3-9(6-8)13(16)17/h1-3,6,10,14H,4-5,7H2. The first-order valence-corrected chi connectivity index (χ1v) is 5.42. The van der Waals surface area contributed by atoms with E-state index in [2.05, 4.69) is 0 Å². The lowest BCUT2D eigenvalue weighted by Crippen LogP contribution is -2.29. The Morgan fingerprint density at radius 1 is 1.56 bits per heavy atom. The SMILES string of the molecule is O=C1OCCN1CC(O)c1cccc([N+](=O)[O-])c1. The van der Waals surface area contributed by atoms with E-state index >= 15 is 0 Å².